The second-order valence-electron chi connectivity index (χ2n) is 6.77. The SMILES string of the molecule is CCOC(=O)C(NC(C)=O)C(C)SC(=O)C(C)c1ccc2cc(OC)ccc2c1. The van der Waals surface area contributed by atoms with Gasteiger partial charge in [0.05, 0.1) is 19.6 Å². The lowest BCUT2D eigenvalue weighted by Crippen LogP contribution is -2.47. The van der Waals surface area contributed by atoms with E-state index in [1.807, 2.05) is 43.3 Å². The van der Waals surface area contributed by atoms with Gasteiger partial charge in [-0.05, 0) is 35.4 Å². The average molecular weight is 418 g/mol. The molecule has 3 atom stereocenters. The zero-order valence-electron chi connectivity index (χ0n) is 17.4. The Labute approximate surface area is 175 Å². The standard InChI is InChI=1S/C22H27NO5S/c1-6-28-21(25)20(23-15(4)24)14(3)29-22(26)13(2)16-7-8-18-12-19(27-5)10-9-17(18)11-16/h7-14,20H,6H2,1-5H3,(H,23,24). The van der Waals surface area contributed by atoms with Crippen molar-refractivity contribution in [3.63, 3.8) is 0 Å². The maximum absolute atomic E-state index is 12.8. The molecular formula is C22H27NO5S. The lowest BCUT2D eigenvalue weighted by atomic mass is 9.99. The summed E-state index contributed by atoms with van der Waals surface area (Å²) in [5.74, 6) is -0.473. The summed E-state index contributed by atoms with van der Waals surface area (Å²) in [6, 6.07) is 10.8. The fraction of sp³-hybridized carbons (Fsp3) is 0.409. The summed E-state index contributed by atoms with van der Waals surface area (Å²) in [5, 5.41) is 4.09. The van der Waals surface area contributed by atoms with E-state index in [0.717, 1.165) is 33.8 Å². The third-order valence-electron chi connectivity index (χ3n) is 4.60. The fourth-order valence-electron chi connectivity index (χ4n) is 2.95. The van der Waals surface area contributed by atoms with Crippen LogP contribution in [0.15, 0.2) is 36.4 Å². The minimum Gasteiger partial charge on any atom is -0.497 e. The van der Waals surface area contributed by atoms with E-state index in [1.165, 1.54) is 6.92 Å². The van der Waals surface area contributed by atoms with Crippen LogP contribution in [-0.2, 0) is 19.1 Å². The highest BCUT2D eigenvalue weighted by Gasteiger charge is 2.31. The molecular weight excluding hydrogens is 390 g/mol. The highest BCUT2D eigenvalue weighted by Crippen LogP contribution is 2.30. The molecule has 0 saturated carbocycles. The van der Waals surface area contributed by atoms with E-state index in [-0.39, 0.29) is 23.5 Å². The van der Waals surface area contributed by atoms with Crippen molar-refractivity contribution in [1.82, 2.24) is 5.32 Å². The first-order valence-corrected chi connectivity index (χ1v) is 10.4. The van der Waals surface area contributed by atoms with Crippen molar-refractivity contribution in [2.24, 2.45) is 0 Å². The maximum atomic E-state index is 12.8. The monoisotopic (exact) mass is 417 g/mol. The number of benzene rings is 2. The van der Waals surface area contributed by atoms with Gasteiger partial charge in [-0.2, -0.15) is 0 Å². The van der Waals surface area contributed by atoms with Gasteiger partial charge in [0.25, 0.3) is 0 Å². The molecule has 0 saturated heterocycles. The zero-order valence-corrected chi connectivity index (χ0v) is 18.2. The Morgan fingerprint density at radius 2 is 1.72 bits per heavy atom. The summed E-state index contributed by atoms with van der Waals surface area (Å²) in [5.41, 5.74) is 0.888. The molecule has 2 aromatic rings. The second kappa shape index (κ2) is 10.3. The first-order valence-electron chi connectivity index (χ1n) is 9.48. The van der Waals surface area contributed by atoms with Gasteiger partial charge in [-0.15, -0.1) is 0 Å². The Kier molecular flexibility index (Phi) is 8.08. The summed E-state index contributed by atoms with van der Waals surface area (Å²) < 4.78 is 10.3. The van der Waals surface area contributed by atoms with Crippen molar-refractivity contribution < 1.29 is 23.9 Å². The third-order valence-corrected chi connectivity index (χ3v) is 5.83. The molecule has 0 aromatic heterocycles. The number of hydrogen-bond acceptors (Lipinski definition) is 6. The molecule has 2 rings (SSSR count). The van der Waals surface area contributed by atoms with Crippen LogP contribution >= 0.6 is 11.8 Å². The maximum Gasteiger partial charge on any atom is 0.329 e. The molecule has 0 aliphatic carbocycles. The number of carbonyl (C=O) groups is 3. The molecule has 3 unspecified atom stereocenters. The zero-order chi connectivity index (χ0) is 21.6. The van der Waals surface area contributed by atoms with Gasteiger partial charge in [0, 0.05) is 12.2 Å². The van der Waals surface area contributed by atoms with E-state index in [1.54, 1.807) is 21.0 Å². The predicted octanol–water partition coefficient (Wildman–Crippen LogP) is 3.67. The largest absolute Gasteiger partial charge is 0.497 e. The molecule has 0 heterocycles. The van der Waals surface area contributed by atoms with Crippen LogP contribution in [-0.4, -0.2) is 42.0 Å². The molecule has 0 aliphatic rings. The first kappa shape index (κ1) is 22.7. The quantitative estimate of drug-likeness (QED) is 0.660. The van der Waals surface area contributed by atoms with Gasteiger partial charge >= 0.3 is 5.97 Å². The molecule has 0 fully saturated rings. The molecule has 0 spiro atoms. The Morgan fingerprint density at radius 1 is 1.07 bits per heavy atom. The third kappa shape index (κ3) is 5.97. The number of ether oxygens (including phenoxy) is 2. The molecule has 29 heavy (non-hydrogen) atoms. The van der Waals surface area contributed by atoms with Gasteiger partial charge in [-0.3, -0.25) is 9.59 Å². The van der Waals surface area contributed by atoms with Crippen molar-refractivity contribution in [2.75, 3.05) is 13.7 Å². The Balaban J connectivity index is 2.14. The number of amides is 1. The van der Waals surface area contributed by atoms with Crippen molar-refractivity contribution in [2.45, 2.75) is 44.9 Å². The second-order valence-corrected chi connectivity index (χ2v) is 8.15. The number of methoxy groups -OCH3 is 1. The Bertz CT molecular complexity index is 898. The Morgan fingerprint density at radius 3 is 2.34 bits per heavy atom. The number of esters is 1. The molecule has 156 valence electrons. The summed E-state index contributed by atoms with van der Waals surface area (Å²) >= 11 is 1.04. The fourth-order valence-corrected chi connectivity index (χ4v) is 3.97. The lowest BCUT2D eigenvalue weighted by Gasteiger charge is -2.23. The van der Waals surface area contributed by atoms with Crippen LogP contribution in [0.2, 0.25) is 0 Å². The van der Waals surface area contributed by atoms with Crippen molar-refractivity contribution >= 4 is 39.5 Å². The van der Waals surface area contributed by atoms with Crippen LogP contribution in [0.25, 0.3) is 10.8 Å². The van der Waals surface area contributed by atoms with Gasteiger partial charge < -0.3 is 14.8 Å². The van der Waals surface area contributed by atoms with Crippen LogP contribution in [0, 0.1) is 0 Å². The van der Waals surface area contributed by atoms with Crippen LogP contribution in [0.4, 0.5) is 0 Å². The lowest BCUT2D eigenvalue weighted by molar-refractivity contribution is -0.147. The van der Waals surface area contributed by atoms with E-state index in [0.29, 0.717) is 0 Å². The molecule has 7 heteroatoms. The summed E-state index contributed by atoms with van der Waals surface area (Å²) in [4.78, 5) is 36.5. The topological polar surface area (TPSA) is 81.7 Å². The normalized spacial score (nSPS) is 14.0. The van der Waals surface area contributed by atoms with Gasteiger partial charge in [-0.1, -0.05) is 49.9 Å². The Hall–Kier alpha value is -2.54. The number of rotatable bonds is 8. The number of thioether (sulfide) groups is 1. The smallest absolute Gasteiger partial charge is 0.329 e. The average Bonchev–Trinajstić information content (AvgIpc) is 2.70. The van der Waals surface area contributed by atoms with E-state index in [2.05, 4.69) is 5.32 Å². The van der Waals surface area contributed by atoms with Crippen molar-refractivity contribution in [3.05, 3.63) is 42.0 Å². The number of hydrogen-bond donors (Lipinski definition) is 1. The van der Waals surface area contributed by atoms with Crippen molar-refractivity contribution in [1.29, 1.82) is 0 Å². The van der Waals surface area contributed by atoms with Crippen molar-refractivity contribution in [3.8, 4) is 5.75 Å². The van der Waals surface area contributed by atoms with Crippen LogP contribution in [0.3, 0.4) is 0 Å². The summed E-state index contributed by atoms with van der Waals surface area (Å²) in [6.07, 6.45) is 0. The highest BCUT2D eigenvalue weighted by molar-refractivity contribution is 8.14. The van der Waals surface area contributed by atoms with Gasteiger partial charge in [0.15, 0.2) is 5.12 Å². The minimum absolute atomic E-state index is 0.0787. The number of carbonyl (C=O) groups excluding carboxylic acids is 3. The van der Waals surface area contributed by atoms with E-state index in [4.69, 9.17) is 9.47 Å². The van der Waals surface area contributed by atoms with Crippen LogP contribution in [0.5, 0.6) is 5.75 Å². The van der Waals surface area contributed by atoms with E-state index < -0.39 is 17.3 Å². The molecule has 6 nitrogen and oxygen atoms in total. The summed E-state index contributed by atoms with van der Waals surface area (Å²) in [7, 11) is 1.62. The molecule has 0 aliphatic heterocycles. The number of nitrogens with one attached hydrogen (secondary N) is 1. The molecule has 0 radical (unpaired) electrons. The predicted molar refractivity (Wildman–Crippen MR) is 115 cm³/mol. The van der Waals surface area contributed by atoms with Gasteiger partial charge in [0.1, 0.15) is 11.8 Å². The molecule has 2 aromatic carbocycles. The first-order chi connectivity index (χ1) is 13.8. The highest BCUT2D eigenvalue weighted by atomic mass is 32.2. The van der Waals surface area contributed by atoms with Crippen LogP contribution in [0.1, 0.15) is 39.2 Å². The molecule has 1 amide bonds. The van der Waals surface area contributed by atoms with Gasteiger partial charge in [-0.25, -0.2) is 4.79 Å². The van der Waals surface area contributed by atoms with E-state index in [9.17, 15) is 14.4 Å². The van der Waals surface area contributed by atoms with E-state index >= 15 is 0 Å². The number of fused-ring (bicyclic) bond motifs is 1. The molecule has 0 bridgehead atoms. The summed E-state index contributed by atoms with van der Waals surface area (Å²) in [6.45, 7) is 6.81. The minimum atomic E-state index is -0.877. The van der Waals surface area contributed by atoms with Gasteiger partial charge in [0.2, 0.25) is 5.91 Å². The van der Waals surface area contributed by atoms with Crippen LogP contribution < -0.4 is 10.1 Å². The molecule has 1 N–H and O–H groups in total.